The zero-order valence-electron chi connectivity index (χ0n) is 17.8. The van der Waals surface area contributed by atoms with E-state index in [0.717, 1.165) is 11.1 Å². The normalized spacial score (nSPS) is 13.6. The maximum atomic E-state index is 10.5. The highest BCUT2D eigenvalue weighted by molar-refractivity contribution is 5.39. The Hall–Kier alpha value is -2.16. The average molecular weight is 419 g/mol. The van der Waals surface area contributed by atoms with Gasteiger partial charge in [0.1, 0.15) is 18.5 Å². The molecule has 0 saturated heterocycles. The fraction of sp³-hybridized carbons (Fsp3) is 0.478. The van der Waals surface area contributed by atoms with Gasteiger partial charge < -0.3 is 30.5 Å². The van der Waals surface area contributed by atoms with Crippen LogP contribution < -0.4 is 10.5 Å². The van der Waals surface area contributed by atoms with E-state index in [4.69, 9.17) is 15.2 Å². The van der Waals surface area contributed by atoms with Gasteiger partial charge in [-0.3, -0.25) is 4.90 Å². The topological polar surface area (TPSA) is 108 Å². The van der Waals surface area contributed by atoms with E-state index in [1.54, 1.807) is 29.2 Å². The third-order valence-corrected chi connectivity index (χ3v) is 4.53. The summed E-state index contributed by atoms with van der Waals surface area (Å²) in [5.74, 6) is 0.858. The van der Waals surface area contributed by atoms with Crippen LogP contribution in [0.5, 0.6) is 5.75 Å². The van der Waals surface area contributed by atoms with Crippen molar-refractivity contribution < 1.29 is 24.8 Å². The lowest BCUT2D eigenvalue weighted by molar-refractivity contribution is -0.204. The Balaban J connectivity index is 1.92. The third-order valence-electron chi connectivity index (χ3n) is 4.53. The number of anilines is 1. The summed E-state index contributed by atoms with van der Waals surface area (Å²) < 4.78 is 11.2. The van der Waals surface area contributed by atoms with Crippen molar-refractivity contribution in [2.24, 2.45) is 5.92 Å². The molecule has 7 nitrogen and oxygen atoms in total. The van der Waals surface area contributed by atoms with Crippen molar-refractivity contribution in [3.05, 3.63) is 59.7 Å². The first kappa shape index (κ1) is 24.1. The number of aliphatic hydroxyl groups is 3. The maximum Gasteiger partial charge on any atom is 0.216 e. The van der Waals surface area contributed by atoms with Crippen LogP contribution >= 0.6 is 0 Å². The number of ether oxygens (including phenoxy) is 2. The van der Waals surface area contributed by atoms with Crippen LogP contribution in [-0.2, 0) is 17.8 Å². The highest BCUT2D eigenvalue weighted by Gasteiger charge is 2.20. The molecule has 0 aliphatic carbocycles. The zero-order valence-corrected chi connectivity index (χ0v) is 17.8. The largest absolute Gasteiger partial charge is 0.491 e. The van der Waals surface area contributed by atoms with Gasteiger partial charge in [-0.1, -0.05) is 38.1 Å². The monoisotopic (exact) mass is 418 g/mol. The summed E-state index contributed by atoms with van der Waals surface area (Å²) in [4.78, 5) is 1.69. The Morgan fingerprint density at radius 3 is 2.40 bits per heavy atom. The van der Waals surface area contributed by atoms with Gasteiger partial charge in [0, 0.05) is 18.8 Å². The number of hydrogen-bond donors (Lipinski definition) is 4. The summed E-state index contributed by atoms with van der Waals surface area (Å²) >= 11 is 0. The molecule has 0 aromatic heterocycles. The number of nitrogen functional groups attached to an aromatic ring is 1. The molecular weight excluding hydrogens is 384 g/mol. The van der Waals surface area contributed by atoms with E-state index in [1.165, 1.54) is 0 Å². The Bertz CT molecular complexity index is 739. The molecule has 0 heterocycles. The number of rotatable bonds is 13. The molecule has 5 N–H and O–H groups in total. The van der Waals surface area contributed by atoms with Crippen LogP contribution in [0.4, 0.5) is 5.69 Å². The summed E-state index contributed by atoms with van der Waals surface area (Å²) in [6.07, 6.45) is -1.27. The van der Waals surface area contributed by atoms with Crippen molar-refractivity contribution in [2.75, 3.05) is 32.0 Å². The van der Waals surface area contributed by atoms with Gasteiger partial charge in [-0.25, -0.2) is 0 Å². The van der Waals surface area contributed by atoms with Crippen molar-refractivity contribution in [2.45, 2.75) is 39.4 Å². The van der Waals surface area contributed by atoms with E-state index in [1.807, 2.05) is 38.1 Å². The summed E-state index contributed by atoms with van der Waals surface area (Å²) in [6.45, 7) is 5.11. The zero-order chi connectivity index (χ0) is 21.9. The molecule has 0 aliphatic heterocycles. The van der Waals surface area contributed by atoms with Gasteiger partial charge in [0.15, 0.2) is 0 Å². The second-order valence-corrected chi connectivity index (χ2v) is 7.81. The van der Waals surface area contributed by atoms with Gasteiger partial charge in [-0.2, -0.15) is 0 Å². The molecule has 2 aromatic carbocycles. The Kier molecular flexibility index (Phi) is 10.1. The fourth-order valence-electron chi connectivity index (χ4n) is 2.88. The molecule has 0 bridgehead atoms. The number of nitrogens with zero attached hydrogens (tertiary/aromatic N) is 1. The van der Waals surface area contributed by atoms with E-state index in [2.05, 4.69) is 0 Å². The summed E-state index contributed by atoms with van der Waals surface area (Å²) in [6, 6.07) is 14.7. The Labute approximate surface area is 178 Å². The molecule has 1 unspecified atom stereocenters. The van der Waals surface area contributed by atoms with Crippen molar-refractivity contribution in [1.29, 1.82) is 0 Å². The van der Waals surface area contributed by atoms with Gasteiger partial charge in [-0.05, 0) is 47.7 Å². The number of benzene rings is 2. The minimum Gasteiger partial charge on any atom is -0.491 e. The highest BCUT2D eigenvalue weighted by atomic mass is 16.6. The molecule has 2 aromatic rings. The van der Waals surface area contributed by atoms with Crippen molar-refractivity contribution in [3.8, 4) is 5.75 Å². The molecule has 0 saturated carbocycles. The molecule has 0 radical (unpaired) electrons. The standard InChI is InChI=1S/C23H34N2O5/c1-17(2)15-30-23(28)25(11-10-18-6-8-20(24)9-7-18)13-21(27)16-29-22-5-3-4-19(12-22)14-26/h3-9,12,17,21,23,26-28H,10-11,13-16,24H2,1-2H3/t21-,23?/m0/s1. The van der Waals surface area contributed by atoms with Gasteiger partial charge >= 0.3 is 0 Å². The molecule has 0 fully saturated rings. The Morgan fingerprint density at radius 2 is 1.73 bits per heavy atom. The van der Waals surface area contributed by atoms with Gasteiger partial charge in [0.25, 0.3) is 0 Å². The number of aliphatic hydroxyl groups excluding tert-OH is 3. The second kappa shape index (κ2) is 12.5. The highest BCUT2D eigenvalue weighted by Crippen LogP contribution is 2.14. The quantitative estimate of drug-likeness (QED) is 0.291. The van der Waals surface area contributed by atoms with Crippen molar-refractivity contribution >= 4 is 5.69 Å². The van der Waals surface area contributed by atoms with Crippen LogP contribution in [0.15, 0.2) is 48.5 Å². The molecule has 2 rings (SSSR count). The van der Waals surface area contributed by atoms with Crippen LogP contribution in [0.2, 0.25) is 0 Å². The molecule has 0 spiro atoms. The molecule has 7 heteroatoms. The maximum absolute atomic E-state index is 10.5. The minimum atomic E-state index is -1.12. The van der Waals surface area contributed by atoms with E-state index >= 15 is 0 Å². The van der Waals surface area contributed by atoms with E-state index < -0.39 is 12.5 Å². The summed E-state index contributed by atoms with van der Waals surface area (Å²) in [7, 11) is 0. The van der Waals surface area contributed by atoms with Crippen LogP contribution in [0.1, 0.15) is 25.0 Å². The van der Waals surface area contributed by atoms with E-state index in [-0.39, 0.29) is 25.7 Å². The van der Waals surface area contributed by atoms with Crippen LogP contribution in [0, 0.1) is 5.92 Å². The van der Waals surface area contributed by atoms with Crippen molar-refractivity contribution in [1.82, 2.24) is 4.90 Å². The van der Waals surface area contributed by atoms with Gasteiger partial charge in [0.2, 0.25) is 6.41 Å². The van der Waals surface area contributed by atoms with Crippen molar-refractivity contribution in [3.63, 3.8) is 0 Å². The molecule has 166 valence electrons. The second-order valence-electron chi connectivity index (χ2n) is 7.81. The molecular formula is C23H34N2O5. The van der Waals surface area contributed by atoms with Gasteiger partial charge in [-0.15, -0.1) is 0 Å². The number of nitrogens with two attached hydrogens (primary N) is 1. The predicted octanol–water partition coefficient (Wildman–Crippen LogP) is 1.99. The molecule has 0 aliphatic rings. The number of hydrogen-bond acceptors (Lipinski definition) is 7. The first-order valence-electron chi connectivity index (χ1n) is 10.3. The Morgan fingerprint density at radius 1 is 1.00 bits per heavy atom. The molecule has 2 atom stereocenters. The summed E-state index contributed by atoms with van der Waals surface area (Å²) in [5, 5.41) is 30.2. The lowest BCUT2D eigenvalue weighted by atomic mass is 10.1. The SMILES string of the molecule is CC(C)COC(O)N(CCc1ccc(N)cc1)C[C@H](O)COc1cccc(CO)c1. The van der Waals surface area contributed by atoms with Crippen LogP contribution in [0.25, 0.3) is 0 Å². The average Bonchev–Trinajstić information content (AvgIpc) is 2.74. The molecule has 0 amide bonds. The first-order valence-corrected chi connectivity index (χ1v) is 10.3. The first-order chi connectivity index (χ1) is 14.4. The van der Waals surface area contributed by atoms with Crippen LogP contribution in [-0.4, -0.2) is 59.0 Å². The smallest absolute Gasteiger partial charge is 0.216 e. The molecule has 30 heavy (non-hydrogen) atoms. The lowest BCUT2D eigenvalue weighted by Gasteiger charge is -2.30. The third kappa shape index (κ3) is 8.69. The summed E-state index contributed by atoms with van der Waals surface area (Å²) in [5.41, 5.74) is 8.26. The van der Waals surface area contributed by atoms with E-state index in [0.29, 0.717) is 31.0 Å². The predicted molar refractivity (Wildman–Crippen MR) is 117 cm³/mol. The van der Waals surface area contributed by atoms with Crippen LogP contribution in [0.3, 0.4) is 0 Å². The fourth-order valence-corrected chi connectivity index (χ4v) is 2.88. The van der Waals surface area contributed by atoms with Gasteiger partial charge in [0.05, 0.1) is 13.2 Å². The lowest BCUT2D eigenvalue weighted by Crippen LogP contribution is -2.45. The minimum absolute atomic E-state index is 0.0597. The van der Waals surface area contributed by atoms with E-state index in [9.17, 15) is 15.3 Å².